The zero-order valence-corrected chi connectivity index (χ0v) is 19.7. The molecular formula is C27H32N4O2. The number of fused-ring (bicyclic) bond motifs is 2. The van der Waals surface area contributed by atoms with Crippen LogP contribution in [-0.4, -0.2) is 47.1 Å². The van der Waals surface area contributed by atoms with E-state index in [0.29, 0.717) is 30.9 Å². The Hall–Kier alpha value is -3.41. The van der Waals surface area contributed by atoms with E-state index in [0.717, 1.165) is 59.4 Å². The van der Waals surface area contributed by atoms with Crippen LogP contribution in [-0.2, 0) is 11.3 Å². The Bertz CT molecular complexity index is 1140. The largest absolute Gasteiger partial charge is 0.387 e. The average molecular weight is 445 g/mol. The minimum Gasteiger partial charge on any atom is -0.387 e. The smallest absolute Gasteiger partial charge is 0.254 e. The highest BCUT2D eigenvalue weighted by atomic mass is 16.2. The summed E-state index contributed by atoms with van der Waals surface area (Å²) in [6, 6.07) is 12.0. The van der Waals surface area contributed by atoms with Gasteiger partial charge in [0.1, 0.15) is 5.84 Å². The van der Waals surface area contributed by atoms with Crippen LogP contribution in [0.5, 0.6) is 0 Å². The van der Waals surface area contributed by atoms with Gasteiger partial charge in [-0.2, -0.15) is 0 Å². The zero-order chi connectivity index (χ0) is 23.5. The SMILES string of the molecule is CCCN(CCC)C(=O)C1=Cc2ccc(-c3ccc4c(c3)CN(CC)C4=O)cc2N=C(N)C1. The lowest BCUT2D eigenvalue weighted by Gasteiger charge is -2.22. The van der Waals surface area contributed by atoms with Gasteiger partial charge < -0.3 is 15.5 Å². The Morgan fingerprint density at radius 3 is 2.45 bits per heavy atom. The number of nitrogens with zero attached hydrogens (tertiary/aromatic N) is 3. The number of rotatable bonds is 7. The lowest BCUT2D eigenvalue weighted by molar-refractivity contribution is -0.127. The van der Waals surface area contributed by atoms with Gasteiger partial charge >= 0.3 is 0 Å². The van der Waals surface area contributed by atoms with Crippen LogP contribution in [0.1, 0.15) is 61.5 Å². The molecule has 0 spiro atoms. The number of nitrogens with two attached hydrogens (primary N) is 1. The van der Waals surface area contributed by atoms with Crippen molar-refractivity contribution in [2.24, 2.45) is 10.7 Å². The number of hydrogen-bond donors (Lipinski definition) is 1. The van der Waals surface area contributed by atoms with E-state index in [4.69, 9.17) is 5.73 Å². The number of benzene rings is 2. The molecule has 2 amide bonds. The highest BCUT2D eigenvalue weighted by Gasteiger charge is 2.26. The number of carbonyl (C=O) groups excluding carboxylic acids is 2. The molecule has 2 aromatic rings. The molecule has 2 heterocycles. The molecule has 0 saturated heterocycles. The highest BCUT2D eigenvalue weighted by Crippen LogP contribution is 2.34. The molecule has 6 nitrogen and oxygen atoms in total. The first kappa shape index (κ1) is 22.8. The minimum absolute atomic E-state index is 0.0394. The predicted octanol–water partition coefficient (Wildman–Crippen LogP) is 4.75. The summed E-state index contributed by atoms with van der Waals surface area (Å²) < 4.78 is 0. The van der Waals surface area contributed by atoms with E-state index in [1.165, 1.54) is 0 Å². The molecule has 0 saturated carbocycles. The predicted molar refractivity (Wildman–Crippen MR) is 133 cm³/mol. The van der Waals surface area contributed by atoms with E-state index in [2.05, 4.69) is 24.9 Å². The number of aliphatic imine (C=N–C) groups is 1. The summed E-state index contributed by atoms with van der Waals surface area (Å²) in [7, 11) is 0. The van der Waals surface area contributed by atoms with Gasteiger partial charge in [-0.05, 0) is 60.7 Å². The molecule has 0 unspecified atom stereocenters. The van der Waals surface area contributed by atoms with E-state index in [9.17, 15) is 9.59 Å². The van der Waals surface area contributed by atoms with E-state index < -0.39 is 0 Å². The quantitative estimate of drug-likeness (QED) is 0.669. The Morgan fingerprint density at radius 1 is 1.06 bits per heavy atom. The summed E-state index contributed by atoms with van der Waals surface area (Å²) in [6.07, 6.45) is 4.13. The second-order valence-corrected chi connectivity index (χ2v) is 8.71. The molecule has 2 aliphatic rings. The third-order valence-corrected chi connectivity index (χ3v) is 6.24. The van der Waals surface area contributed by atoms with E-state index in [1.807, 2.05) is 53.1 Å². The molecule has 2 aliphatic heterocycles. The minimum atomic E-state index is 0.0394. The van der Waals surface area contributed by atoms with Crippen LogP contribution in [0.25, 0.3) is 17.2 Å². The number of carbonyl (C=O) groups is 2. The molecular weight excluding hydrogens is 412 g/mol. The highest BCUT2D eigenvalue weighted by molar-refractivity contribution is 6.05. The summed E-state index contributed by atoms with van der Waals surface area (Å²) in [5, 5.41) is 0. The molecule has 2 aromatic carbocycles. The second kappa shape index (κ2) is 9.61. The molecule has 0 aromatic heterocycles. The van der Waals surface area contributed by atoms with E-state index in [-0.39, 0.29) is 11.8 Å². The lowest BCUT2D eigenvalue weighted by atomic mass is 9.98. The van der Waals surface area contributed by atoms with Gasteiger partial charge in [0.2, 0.25) is 5.91 Å². The lowest BCUT2D eigenvalue weighted by Crippen LogP contribution is -2.34. The molecule has 0 radical (unpaired) electrons. The van der Waals surface area contributed by atoms with Gasteiger partial charge in [-0.3, -0.25) is 9.59 Å². The number of hydrogen-bond acceptors (Lipinski definition) is 4. The van der Waals surface area contributed by atoms with Crippen molar-refractivity contribution in [2.45, 2.75) is 46.6 Å². The molecule has 2 N–H and O–H groups in total. The molecule has 0 aliphatic carbocycles. The molecule has 6 heteroatoms. The maximum absolute atomic E-state index is 13.2. The fourth-order valence-electron chi connectivity index (χ4n) is 4.58. The van der Waals surface area contributed by atoms with Crippen LogP contribution in [0.3, 0.4) is 0 Å². The third kappa shape index (κ3) is 4.56. The fourth-order valence-corrected chi connectivity index (χ4v) is 4.58. The van der Waals surface area contributed by atoms with Crippen molar-refractivity contribution in [1.29, 1.82) is 0 Å². The molecule has 172 valence electrons. The van der Waals surface area contributed by atoms with E-state index >= 15 is 0 Å². The van der Waals surface area contributed by atoms with Crippen molar-refractivity contribution in [3.05, 3.63) is 58.7 Å². The topological polar surface area (TPSA) is 79.0 Å². The van der Waals surface area contributed by atoms with Gasteiger partial charge in [-0.25, -0.2) is 4.99 Å². The number of amidine groups is 1. The first-order valence-corrected chi connectivity index (χ1v) is 11.8. The monoisotopic (exact) mass is 444 g/mol. The molecule has 0 bridgehead atoms. The van der Waals surface area contributed by atoms with Crippen molar-refractivity contribution in [2.75, 3.05) is 19.6 Å². The normalized spacial score (nSPS) is 14.9. The van der Waals surface area contributed by atoms with Crippen LogP contribution >= 0.6 is 0 Å². The zero-order valence-electron chi connectivity index (χ0n) is 19.7. The van der Waals surface area contributed by atoms with Gasteiger partial charge in [-0.15, -0.1) is 0 Å². The van der Waals surface area contributed by atoms with Crippen molar-refractivity contribution in [3.8, 4) is 11.1 Å². The van der Waals surface area contributed by atoms with Gasteiger partial charge in [-0.1, -0.05) is 32.0 Å². The van der Waals surface area contributed by atoms with Gasteiger partial charge in [0.05, 0.1) is 5.69 Å². The maximum Gasteiger partial charge on any atom is 0.254 e. The van der Waals surface area contributed by atoms with Crippen molar-refractivity contribution in [1.82, 2.24) is 9.80 Å². The van der Waals surface area contributed by atoms with Crippen LogP contribution in [0.15, 0.2) is 47.0 Å². The fraction of sp³-hybridized carbons (Fsp3) is 0.370. The van der Waals surface area contributed by atoms with Gasteiger partial charge in [0, 0.05) is 49.3 Å². The molecule has 0 atom stereocenters. The van der Waals surface area contributed by atoms with Crippen molar-refractivity contribution >= 4 is 29.4 Å². The first-order valence-electron chi connectivity index (χ1n) is 11.8. The van der Waals surface area contributed by atoms with Crippen molar-refractivity contribution in [3.63, 3.8) is 0 Å². The summed E-state index contributed by atoms with van der Waals surface area (Å²) >= 11 is 0. The third-order valence-electron chi connectivity index (χ3n) is 6.24. The van der Waals surface area contributed by atoms with Gasteiger partial charge in [0.25, 0.3) is 5.91 Å². The average Bonchev–Trinajstić information content (AvgIpc) is 3.03. The van der Waals surface area contributed by atoms with Crippen LogP contribution in [0.4, 0.5) is 5.69 Å². The Kier molecular flexibility index (Phi) is 6.63. The maximum atomic E-state index is 13.2. The van der Waals surface area contributed by atoms with Gasteiger partial charge in [0.15, 0.2) is 0 Å². The second-order valence-electron chi connectivity index (χ2n) is 8.71. The molecule has 33 heavy (non-hydrogen) atoms. The summed E-state index contributed by atoms with van der Waals surface area (Å²) in [5.74, 6) is 0.579. The van der Waals surface area contributed by atoms with Crippen LogP contribution < -0.4 is 5.73 Å². The summed E-state index contributed by atoms with van der Waals surface area (Å²) in [6.45, 7) is 8.99. The molecule has 0 fully saturated rings. The summed E-state index contributed by atoms with van der Waals surface area (Å²) in [4.78, 5) is 34.0. The number of amides is 2. The van der Waals surface area contributed by atoms with Crippen LogP contribution in [0, 0.1) is 0 Å². The standard InChI is InChI=1S/C27H32N4O2/c1-4-11-31(12-5-2)26(32)21-14-20-8-7-19(15-24(20)29-25(28)16-21)18-9-10-23-22(13-18)17-30(6-3)27(23)33/h7-10,13-15H,4-6,11-12,16-17H2,1-3H3,(H2,28,29). The first-order chi connectivity index (χ1) is 15.9. The van der Waals surface area contributed by atoms with E-state index in [1.54, 1.807) is 0 Å². The van der Waals surface area contributed by atoms with Crippen LogP contribution in [0.2, 0.25) is 0 Å². The Balaban J connectivity index is 1.66. The molecule has 4 rings (SSSR count). The Labute approximate surface area is 195 Å². The van der Waals surface area contributed by atoms with Crippen molar-refractivity contribution < 1.29 is 9.59 Å². The Morgan fingerprint density at radius 2 is 1.76 bits per heavy atom. The summed E-state index contributed by atoms with van der Waals surface area (Å²) in [5.41, 5.74) is 12.5.